The van der Waals surface area contributed by atoms with Crippen LogP contribution in [0, 0.1) is 11.8 Å². The molecule has 6 heteroatoms. The molecule has 46 heavy (non-hydrogen) atoms. The van der Waals surface area contributed by atoms with E-state index >= 15 is 0 Å². The van der Waals surface area contributed by atoms with E-state index in [1.165, 1.54) is 89.9 Å². The van der Waals surface area contributed by atoms with Gasteiger partial charge >= 0.3 is 11.9 Å². The quantitative estimate of drug-likeness (QED) is 0.0522. The summed E-state index contributed by atoms with van der Waals surface area (Å²) in [5.41, 5.74) is 0. The number of aliphatic hydroxyl groups is 2. The van der Waals surface area contributed by atoms with Gasteiger partial charge in [-0.25, -0.2) is 0 Å². The molecule has 0 fully saturated rings. The lowest BCUT2D eigenvalue weighted by molar-refractivity contribution is -0.147. The van der Waals surface area contributed by atoms with Gasteiger partial charge in [-0.3, -0.25) is 9.59 Å². The molecule has 2 N–H and O–H groups in total. The maximum absolute atomic E-state index is 12.1. The van der Waals surface area contributed by atoms with Gasteiger partial charge < -0.3 is 19.7 Å². The Bertz CT molecular complexity index is 612. The number of carbonyl (C=O) groups is 2. The van der Waals surface area contributed by atoms with Crippen molar-refractivity contribution in [3.05, 3.63) is 0 Å². The highest BCUT2D eigenvalue weighted by molar-refractivity contribution is 5.69. The van der Waals surface area contributed by atoms with Gasteiger partial charge in [-0.1, -0.05) is 169 Å². The molecule has 4 unspecified atom stereocenters. The van der Waals surface area contributed by atoms with Crippen LogP contribution in [-0.4, -0.2) is 47.6 Å². The fourth-order valence-corrected chi connectivity index (χ4v) is 5.96. The summed E-state index contributed by atoms with van der Waals surface area (Å²) in [4.78, 5) is 24.2. The van der Waals surface area contributed by atoms with Gasteiger partial charge in [-0.05, 0) is 25.7 Å². The first kappa shape index (κ1) is 44.9. The lowest BCUT2D eigenvalue weighted by Gasteiger charge is -2.18. The Kier molecular flexibility index (Phi) is 32.9. The molecule has 274 valence electrons. The zero-order valence-electron chi connectivity index (χ0n) is 31.1. The highest BCUT2D eigenvalue weighted by Crippen LogP contribution is 2.17. The molecule has 0 spiro atoms. The second kappa shape index (κ2) is 33.7. The molecule has 6 nitrogen and oxygen atoms in total. The van der Waals surface area contributed by atoms with Crippen molar-refractivity contribution in [2.45, 2.75) is 220 Å². The van der Waals surface area contributed by atoms with Crippen LogP contribution >= 0.6 is 0 Å². The Labute approximate surface area is 285 Å². The van der Waals surface area contributed by atoms with Gasteiger partial charge in [0.25, 0.3) is 0 Å². The number of rotatable bonds is 35. The zero-order valence-corrected chi connectivity index (χ0v) is 31.1. The second-order valence-corrected chi connectivity index (χ2v) is 14.3. The van der Waals surface area contributed by atoms with Crippen LogP contribution in [0.3, 0.4) is 0 Å². The SMILES string of the molecule is CCCCCCCCCCC(O)C(C)COC(=O)CCCCCCCCCCC(=O)OCC(C)C(O)CCCCCCCCCC. The fourth-order valence-electron chi connectivity index (χ4n) is 5.96. The number of hydrogen-bond acceptors (Lipinski definition) is 6. The van der Waals surface area contributed by atoms with Crippen LogP contribution in [0.5, 0.6) is 0 Å². The topological polar surface area (TPSA) is 93.1 Å². The van der Waals surface area contributed by atoms with Gasteiger partial charge in [0.05, 0.1) is 25.4 Å². The summed E-state index contributed by atoms with van der Waals surface area (Å²) in [6.07, 6.45) is 30.1. The molecule has 0 aromatic rings. The summed E-state index contributed by atoms with van der Waals surface area (Å²) in [5.74, 6) is -0.321. The number of aliphatic hydroxyl groups excluding tert-OH is 2. The number of carbonyl (C=O) groups excluding carboxylic acids is 2. The summed E-state index contributed by atoms with van der Waals surface area (Å²) >= 11 is 0. The predicted molar refractivity (Wildman–Crippen MR) is 193 cm³/mol. The van der Waals surface area contributed by atoms with E-state index in [9.17, 15) is 19.8 Å². The van der Waals surface area contributed by atoms with E-state index in [1.54, 1.807) is 0 Å². The normalized spacial score (nSPS) is 14.1. The van der Waals surface area contributed by atoms with Crippen molar-refractivity contribution in [1.29, 1.82) is 0 Å². The third kappa shape index (κ3) is 30.2. The van der Waals surface area contributed by atoms with Crippen LogP contribution in [-0.2, 0) is 19.1 Å². The van der Waals surface area contributed by atoms with Crippen molar-refractivity contribution >= 4 is 11.9 Å². The lowest BCUT2D eigenvalue weighted by Crippen LogP contribution is -2.23. The van der Waals surface area contributed by atoms with E-state index in [1.807, 2.05) is 13.8 Å². The molecule has 0 rings (SSSR count). The number of unbranched alkanes of at least 4 members (excludes halogenated alkanes) is 21. The van der Waals surface area contributed by atoms with E-state index in [2.05, 4.69) is 13.8 Å². The number of esters is 2. The van der Waals surface area contributed by atoms with E-state index in [4.69, 9.17) is 9.47 Å². The summed E-state index contributed by atoms with van der Waals surface area (Å²) in [6.45, 7) is 9.04. The molecule has 0 saturated heterocycles. The van der Waals surface area contributed by atoms with Crippen molar-refractivity contribution in [2.75, 3.05) is 13.2 Å². The van der Waals surface area contributed by atoms with Crippen LogP contribution in [0.4, 0.5) is 0 Å². The Morgan fingerprint density at radius 1 is 0.435 bits per heavy atom. The third-order valence-electron chi connectivity index (χ3n) is 9.55. The van der Waals surface area contributed by atoms with E-state index in [-0.39, 0.29) is 23.8 Å². The van der Waals surface area contributed by atoms with Gasteiger partial charge in [0, 0.05) is 24.7 Å². The Hall–Kier alpha value is -1.14. The molecule has 0 aromatic carbocycles. The Morgan fingerprint density at radius 2 is 0.696 bits per heavy atom. The first-order valence-electron chi connectivity index (χ1n) is 20.0. The Morgan fingerprint density at radius 3 is 1.00 bits per heavy atom. The molecule has 0 amide bonds. The van der Waals surface area contributed by atoms with Gasteiger partial charge in [0.15, 0.2) is 0 Å². The maximum atomic E-state index is 12.1. The average Bonchev–Trinajstić information content (AvgIpc) is 3.05. The molecule has 0 radical (unpaired) electrons. The van der Waals surface area contributed by atoms with Crippen LogP contribution < -0.4 is 0 Å². The third-order valence-corrected chi connectivity index (χ3v) is 9.55. The molecular formula is C40H78O6. The molecule has 0 aliphatic carbocycles. The fraction of sp³-hybridized carbons (Fsp3) is 0.950. The molecule has 0 aliphatic rings. The minimum Gasteiger partial charge on any atom is -0.465 e. The van der Waals surface area contributed by atoms with E-state index in [0.717, 1.165) is 77.0 Å². The van der Waals surface area contributed by atoms with Crippen LogP contribution in [0.15, 0.2) is 0 Å². The number of hydrogen-bond donors (Lipinski definition) is 2. The van der Waals surface area contributed by atoms with Gasteiger partial charge in [0.2, 0.25) is 0 Å². The van der Waals surface area contributed by atoms with Crippen LogP contribution in [0.1, 0.15) is 207 Å². The van der Waals surface area contributed by atoms with Gasteiger partial charge in [0.1, 0.15) is 0 Å². The van der Waals surface area contributed by atoms with Crippen molar-refractivity contribution in [1.82, 2.24) is 0 Å². The monoisotopic (exact) mass is 655 g/mol. The van der Waals surface area contributed by atoms with Crippen molar-refractivity contribution in [3.8, 4) is 0 Å². The largest absolute Gasteiger partial charge is 0.465 e. The molecule has 0 saturated carbocycles. The molecule has 4 atom stereocenters. The highest BCUT2D eigenvalue weighted by atomic mass is 16.5. The minimum absolute atomic E-state index is 0.0128. The Balaban J connectivity index is 3.57. The second-order valence-electron chi connectivity index (χ2n) is 14.3. The first-order chi connectivity index (χ1) is 22.3. The summed E-state index contributed by atoms with van der Waals surface area (Å²) in [5, 5.41) is 20.8. The lowest BCUT2D eigenvalue weighted by atomic mass is 9.99. The van der Waals surface area contributed by atoms with Crippen molar-refractivity contribution in [3.63, 3.8) is 0 Å². The van der Waals surface area contributed by atoms with Crippen molar-refractivity contribution < 1.29 is 29.3 Å². The molecule has 0 bridgehead atoms. The van der Waals surface area contributed by atoms with E-state index < -0.39 is 12.2 Å². The minimum atomic E-state index is -0.393. The van der Waals surface area contributed by atoms with Crippen molar-refractivity contribution in [2.24, 2.45) is 11.8 Å². The summed E-state index contributed by atoms with van der Waals surface area (Å²) in [7, 11) is 0. The van der Waals surface area contributed by atoms with E-state index in [0.29, 0.717) is 26.1 Å². The predicted octanol–water partition coefficient (Wildman–Crippen LogP) is 11.0. The van der Waals surface area contributed by atoms with Crippen LogP contribution in [0.25, 0.3) is 0 Å². The maximum Gasteiger partial charge on any atom is 0.305 e. The molecule has 0 aromatic heterocycles. The number of ether oxygens (including phenoxy) is 2. The summed E-state index contributed by atoms with van der Waals surface area (Å²) < 4.78 is 10.9. The van der Waals surface area contributed by atoms with Gasteiger partial charge in [-0.2, -0.15) is 0 Å². The average molecular weight is 655 g/mol. The van der Waals surface area contributed by atoms with Crippen LogP contribution in [0.2, 0.25) is 0 Å². The smallest absolute Gasteiger partial charge is 0.305 e. The molecule has 0 aliphatic heterocycles. The molecule has 0 heterocycles. The highest BCUT2D eigenvalue weighted by Gasteiger charge is 2.17. The van der Waals surface area contributed by atoms with Gasteiger partial charge in [-0.15, -0.1) is 0 Å². The zero-order chi connectivity index (χ0) is 34.1. The summed E-state index contributed by atoms with van der Waals surface area (Å²) in [6, 6.07) is 0. The molecular weight excluding hydrogens is 576 g/mol. The first-order valence-corrected chi connectivity index (χ1v) is 20.0. The standard InChI is InChI=1S/C40H78O6/c1-5-7-9-11-13-17-21-25-29-37(41)35(3)33-45-39(43)31-27-23-19-15-16-20-24-28-32-40(44)46-34-36(4)38(42)30-26-22-18-14-12-10-8-6-2/h35-38,41-42H,5-34H2,1-4H3.